The molecule has 1 amide bonds. The summed E-state index contributed by atoms with van der Waals surface area (Å²) in [6.45, 7) is 2.42. The molecule has 7 nitrogen and oxygen atoms in total. The molecule has 1 aromatic heterocycles. The van der Waals surface area contributed by atoms with Crippen LogP contribution < -0.4 is 0 Å². The number of carbonyl (C=O) groups excluding carboxylic acids is 1. The molecule has 2 aromatic rings. The molecule has 2 fully saturated rings. The molecule has 0 unspecified atom stereocenters. The normalized spacial score (nSPS) is 22.9. The Labute approximate surface area is 157 Å². The van der Waals surface area contributed by atoms with Crippen molar-refractivity contribution in [2.75, 3.05) is 37.7 Å². The average Bonchev–Trinajstić information content (AvgIpc) is 3.28. The van der Waals surface area contributed by atoms with E-state index in [1.54, 1.807) is 27.9 Å². The van der Waals surface area contributed by atoms with E-state index in [1.807, 2.05) is 0 Å². The highest BCUT2D eigenvalue weighted by Crippen LogP contribution is 2.20. The fourth-order valence-electron chi connectivity index (χ4n) is 3.78. The van der Waals surface area contributed by atoms with Crippen LogP contribution in [0.5, 0.6) is 0 Å². The van der Waals surface area contributed by atoms with Crippen LogP contribution in [-0.2, 0) is 9.84 Å². The van der Waals surface area contributed by atoms with Crippen LogP contribution in [0.4, 0.5) is 4.39 Å². The summed E-state index contributed by atoms with van der Waals surface area (Å²) < 4.78 is 38.2. The number of benzene rings is 1. The summed E-state index contributed by atoms with van der Waals surface area (Å²) >= 11 is 0. The lowest BCUT2D eigenvalue weighted by atomic mass is 10.2. The standard InChI is InChI=1S/C18H21FN4O3S/c19-14-1-3-15(4-2-14)23-13-20-11-17(23)18(24)22-8-6-21(7-9-22)16-5-10-27(25,26)12-16/h1-4,11,13,16H,5-10,12H2/t16-/m0/s1. The molecule has 0 spiro atoms. The summed E-state index contributed by atoms with van der Waals surface area (Å²) in [6.07, 6.45) is 3.73. The van der Waals surface area contributed by atoms with Gasteiger partial charge in [0.05, 0.1) is 24.0 Å². The smallest absolute Gasteiger partial charge is 0.272 e. The van der Waals surface area contributed by atoms with Gasteiger partial charge in [-0.25, -0.2) is 17.8 Å². The maximum Gasteiger partial charge on any atom is 0.272 e. The van der Waals surface area contributed by atoms with Crippen molar-refractivity contribution in [1.82, 2.24) is 19.4 Å². The summed E-state index contributed by atoms with van der Waals surface area (Å²) in [6, 6.07) is 5.96. The van der Waals surface area contributed by atoms with E-state index in [9.17, 15) is 17.6 Å². The number of rotatable bonds is 3. The van der Waals surface area contributed by atoms with Crippen LogP contribution in [0.3, 0.4) is 0 Å². The highest BCUT2D eigenvalue weighted by atomic mass is 32.2. The highest BCUT2D eigenvalue weighted by Gasteiger charge is 2.34. The van der Waals surface area contributed by atoms with Gasteiger partial charge in [-0.1, -0.05) is 0 Å². The summed E-state index contributed by atoms with van der Waals surface area (Å²) in [5.74, 6) is 0.0127. The number of hydrogen-bond acceptors (Lipinski definition) is 5. The molecule has 0 aliphatic carbocycles. The Balaban J connectivity index is 1.43. The number of amides is 1. The second kappa shape index (κ2) is 7.05. The third-order valence-corrected chi connectivity index (χ3v) is 7.04. The Bertz CT molecular complexity index is 934. The molecule has 0 N–H and O–H groups in total. The third-order valence-electron chi connectivity index (χ3n) is 5.29. The molecule has 4 rings (SSSR count). The van der Waals surface area contributed by atoms with Crippen molar-refractivity contribution in [3.05, 3.63) is 48.3 Å². The molecule has 0 saturated carbocycles. The van der Waals surface area contributed by atoms with E-state index in [0.29, 0.717) is 44.0 Å². The monoisotopic (exact) mass is 392 g/mol. The van der Waals surface area contributed by atoms with Gasteiger partial charge in [0.25, 0.3) is 5.91 Å². The fraction of sp³-hybridized carbons (Fsp3) is 0.444. The quantitative estimate of drug-likeness (QED) is 0.778. The van der Waals surface area contributed by atoms with Crippen molar-refractivity contribution in [3.8, 4) is 5.69 Å². The first-order chi connectivity index (χ1) is 12.9. The molecule has 2 aliphatic heterocycles. The molecular weight excluding hydrogens is 371 g/mol. The number of halogens is 1. The van der Waals surface area contributed by atoms with Crippen LogP contribution in [0.2, 0.25) is 0 Å². The Kier molecular flexibility index (Phi) is 4.73. The predicted molar refractivity (Wildman–Crippen MR) is 98.1 cm³/mol. The average molecular weight is 392 g/mol. The van der Waals surface area contributed by atoms with Crippen LogP contribution in [0, 0.1) is 5.82 Å². The number of hydrogen-bond donors (Lipinski definition) is 0. The van der Waals surface area contributed by atoms with Gasteiger partial charge in [-0.3, -0.25) is 14.3 Å². The first kappa shape index (κ1) is 18.1. The Morgan fingerprint density at radius 3 is 2.44 bits per heavy atom. The summed E-state index contributed by atoms with van der Waals surface area (Å²) in [5.41, 5.74) is 1.10. The highest BCUT2D eigenvalue weighted by molar-refractivity contribution is 7.91. The SMILES string of the molecule is O=C(c1cncn1-c1ccc(F)cc1)N1CCN([C@H]2CCS(=O)(=O)C2)CC1. The van der Waals surface area contributed by atoms with Gasteiger partial charge in [-0.15, -0.1) is 0 Å². The van der Waals surface area contributed by atoms with E-state index < -0.39 is 9.84 Å². The first-order valence-corrected chi connectivity index (χ1v) is 10.8. The molecule has 27 heavy (non-hydrogen) atoms. The summed E-state index contributed by atoms with van der Waals surface area (Å²) in [7, 11) is -2.91. The van der Waals surface area contributed by atoms with Crippen molar-refractivity contribution in [2.45, 2.75) is 12.5 Å². The lowest BCUT2D eigenvalue weighted by Crippen LogP contribution is -2.52. The van der Waals surface area contributed by atoms with Crippen LogP contribution in [0.15, 0.2) is 36.8 Å². The molecule has 2 aliphatic rings. The van der Waals surface area contributed by atoms with E-state index in [4.69, 9.17) is 0 Å². The Hall–Kier alpha value is -2.26. The Morgan fingerprint density at radius 1 is 1.11 bits per heavy atom. The molecular formula is C18H21FN4O3S. The van der Waals surface area contributed by atoms with Crippen molar-refractivity contribution in [2.24, 2.45) is 0 Å². The van der Waals surface area contributed by atoms with Crippen LogP contribution in [0.25, 0.3) is 5.69 Å². The van der Waals surface area contributed by atoms with Crippen LogP contribution >= 0.6 is 0 Å². The van der Waals surface area contributed by atoms with Crippen molar-refractivity contribution in [3.63, 3.8) is 0 Å². The van der Waals surface area contributed by atoms with Crippen molar-refractivity contribution >= 4 is 15.7 Å². The van der Waals surface area contributed by atoms with Gasteiger partial charge in [0.1, 0.15) is 11.5 Å². The van der Waals surface area contributed by atoms with Gasteiger partial charge in [0.15, 0.2) is 9.84 Å². The van der Waals surface area contributed by atoms with E-state index in [0.717, 1.165) is 0 Å². The van der Waals surface area contributed by atoms with Gasteiger partial charge < -0.3 is 4.90 Å². The maximum absolute atomic E-state index is 13.1. The number of aromatic nitrogens is 2. The minimum atomic E-state index is -2.91. The molecule has 3 heterocycles. The minimum absolute atomic E-state index is 0.0667. The fourth-order valence-corrected chi connectivity index (χ4v) is 5.54. The lowest BCUT2D eigenvalue weighted by Gasteiger charge is -2.37. The largest absolute Gasteiger partial charge is 0.335 e. The number of sulfone groups is 1. The van der Waals surface area contributed by atoms with Gasteiger partial charge in [0.2, 0.25) is 0 Å². The van der Waals surface area contributed by atoms with Crippen molar-refractivity contribution < 1.29 is 17.6 Å². The van der Waals surface area contributed by atoms with E-state index in [1.165, 1.54) is 18.3 Å². The van der Waals surface area contributed by atoms with E-state index >= 15 is 0 Å². The molecule has 1 aromatic carbocycles. The molecule has 0 radical (unpaired) electrons. The number of carbonyl (C=O) groups is 1. The molecule has 0 bridgehead atoms. The topological polar surface area (TPSA) is 75.5 Å². The van der Waals surface area contributed by atoms with E-state index in [-0.39, 0.29) is 29.3 Å². The van der Waals surface area contributed by atoms with Crippen LogP contribution in [0.1, 0.15) is 16.9 Å². The van der Waals surface area contributed by atoms with Crippen molar-refractivity contribution in [1.29, 1.82) is 0 Å². The first-order valence-electron chi connectivity index (χ1n) is 8.95. The zero-order chi connectivity index (χ0) is 19.0. The number of piperazine rings is 1. The number of imidazole rings is 1. The third kappa shape index (κ3) is 3.74. The van der Waals surface area contributed by atoms with Gasteiger partial charge in [-0.05, 0) is 30.7 Å². The van der Waals surface area contributed by atoms with Gasteiger partial charge in [-0.2, -0.15) is 0 Å². The minimum Gasteiger partial charge on any atom is -0.335 e. The predicted octanol–water partition coefficient (Wildman–Crippen LogP) is 0.956. The Morgan fingerprint density at radius 2 is 1.81 bits per heavy atom. The molecule has 9 heteroatoms. The van der Waals surface area contributed by atoms with E-state index in [2.05, 4.69) is 9.88 Å². The zero-order valence-corrected chi connectivity index (χ0v) is 15.6. The summed E-state index contributed by atoms with van der Waals surface area (Å²) in [4.78, 5) is 20.9. The number of nitrogens with zero attached hydrogens (tertiary/aromatic N) is 4. The molecule has 144 valence electrons. The maximum atomic E-state index is 13.1. The second-order valence-electron chi connectivity index (χ2n) is 7.01. The molecule has 2 saturated heterocycles. The lowest BCUT2D eigenvalue weighted by molar-refractivity contribution is 0.0580. The van der Waals surface area contributed by atoms with Gasteiger partial charge in [0, 0.05) is 37.9 Å². The van der Waals surface area contributed by atoms with Crippen LogP contribution in [-0.4, -0.2) is 77.4 Å². The second-order valence-corrected chi connectivity index (χ2v) is 9.24. The van der Waals surface area contributed by atoms with Gasteiger partial charge >= 0.3 is 0 Å². The molecule has 1 atom stereocenters. The summed E-state index contributed by atoms with van der Waals surface area (Å²) in [5, 5.41) is 0. The zero-order valence-electron chi connectivity index (χ0n) is 14.8.